The summed E-state index contributed by atoms with van der Waals surface area (Å²) in [4.78, 5) is 0. The zero-order valence-corrected chi connectivity index (χ0v) is 23.9. The molecule has 4 aliphatic heterocycles. The normalized spacial score (nSPS) is 41.5. The minimum atomic E-state index is -0.601. The van der Waals surface area contributed by atoms with Crippen LogP contribution in [0, 0.1) is 0 Å². The van der Waals surface area contributed by atoms with Gasteiger partial charge in [-0.05, 0) is 61.5 Å². The molecule has 32 heavy (non-hydrogen) atoms. The van der Waals surface area contributed by atoms with Gasteiger partial charge >= 0.3 is 0 Å². The van der Waals surface area contributed by atoms with Gasteiger partial charge in [0.25, 0.3) is 0 Å². The van der Waals surface area contributed by atoms with Crippen LogP contribution >= 0.6 is 17.2 Å². The molecular formula is C27H44O3P2. The first-order valence-corrected chi connectivity index (χ1v) is 14.4. The van der Waals surface area contributed by atoms with Crippen molar-refractivity contribution in [2.75, 3.05) is 6.16 Å². The van der Waals surface area contributed by atoms with Crippen LogP contribution in [0.1, 0.15) is 93.2 Å². The van der Waals surface area contributed by atoms with E-state index in [9.17, 15) is 0 Å². The van der Waals surface area contributed by atoms with Crippen LogP contribution in [0.5, 0.6) is 0 Å². The number of hydrogen-bond acceptors (Lipinski definition) is 3. The summed E-state index contributed by atoms with van der Waals surface area (Å²) in [6.45, 7) is 23.3. The molecule has 0 aliphatic carbocycles. The van der Waals surface area contributed by atoms with Crippen molar-refractivity contribution in [3.8, 4) is 0 Å². The molecule has 4 bridgehead atoms. The second-order valence-corrected chi connectivity index (χ2v) is 17.3. The van der Waals surface area contributed by atoms with E-state index in [0.29, 0.717) is 0 Å². The molecule has 0 aromatic heterocycles. The third-order valence-corrected chi connectivity index (χ3v) is 12.7. The molecule has 4 saturated heterocycles. The fraction of sp³-hybridized carbons (Fsp3) is 0.778. The monoisotopic (exact) mass is 478 g/mol. The molecule has 5 rings (SSSR count). The van der Waals surface area contributed by atoms with E-state index < -0.39 is 11.6 Å². The molecule has 4 aliphatic rings. The molecule has 4 heterocycles. The molecule has 3 nitrogen and oxygen atoms in total. The van der Waals surface area contributed by atoms with E-state index >= 15 is 0 Å². The van der Waals surface area contributed by atoms with Crippen molar-refractivity contribution in [2.45, 2.75) is 127 Å². The highest BCUT2D eigenvalue weighted by Gasteiger charge is 2.77. The number of benzene rings is 1. The average Bonchev–Trinajstić information content (AvgIpc) is 2.55. The van der Waals surface area contributed by atoms with Crippen molar-refractivity contribution in [1.29, 1.82) is 0 Å². The first-order chi connectivity index (χ1) is 14.4. The first-order valence-electron chi connectivity index (χ1n) is 12.1. The molecule has 5 atom stereocenters. The Hall–Kier alpha value is -0.0400. The zero-order chi connectivity index (χ0) is 24.0. The van der Waals surface area contributed by atoms with Gasteiger partial charge in [0.15, 0.2) is 11.6 Å². The van der Waals surface area contributed by atoms with E-state index in [4.69, 9.17) is 14.2 Å². The molecule has 0 N–H and O–H groups in total. The lowest BCUT2D eigenvalue weighted by Gasteiger charge is -2.74. The highest BCUT2D eigenvalue weighted by atomic mass is 31.1. The maximum Gasteiger partial charge on any atom is 0.172 e. The molecule has 0 amide bonds. The maximum atomic E-state index is 6.87. The molecule has 1 aromatic rings. The van der Waals surface area contributed by atoms with Gasteiger partial charge in [0.1, 0.15) is 0 Å². The standard InChI is InChI=1S/C27H44O3P2/c1-21(2,3)32(22(4,5)6)15-19-13-11-12-14-20(19)27(18-31)23(7)16-25(9)29-24(27,8)17-26(10,28-23)30-25/h11-14H,15-18,31H2,1-10H3. The Balaban J connectivity index is 1.89. The summed E-state index contributed by atoms with van der Waals surface area (Å²) in [5.41, 5.74) is 1.87. The van der Waals surface area contributed by atoms with E-state index in [1.54, 1.807) is 0 Å². The third-order valence-electron chi connectivity index (χ3n) is 8.17. The lowest BCUT2D eigenvalue weighted by atomic mass is 9.51. The lowest BCUT2D eigenvalue weighted by molar-refractivity contribution is -0.531. The van der Waals surface area contributed by atoms with Crippen LogP contribution < -0.4 is 0 Å². The summed E-state index contributed by atoms with van der Waals surface area (Å²) < 4.78 is 20.1. The van der Waals surface area contributed by atoms with Crippen molar-refractivity contribution in [1.82, 2.24) is 0 Å². The van der Waals surface area contributed by atoms with Crippen LogP contribution in [-0.4, -0.2) is 39.3 Å². The molecule has 180 valence electrons. The zero-order valence-electron chi connectivity index (χ0n) is 21.9. The number of ether oxygens (including phenoxy) is 3. The minimum Gasteiger partial charge on any atom is -0.343 e. The second-order valence-electron chi connectivity index (χ2n) is 13.1. The van der Waals surface area contributed by atoms with Crippen LogP contribution in [0.3, 0.4) is 0 Å². The van der Waals surface area contributed by atoms with E-state index in [1.165, 1.54) is 11.1 Å². The highest BCUT2D eigenvalue weighted by Crippen LogP contribution is 2.69. The number of hydrogen-bond donors (Lipinski definition) is 0. The van der Waals surface area contributed by atoms with Crippen LogP contribution in [0.25, 0.3) is 0 Å². The molecule has 0 spiro atoms. The molecule has 5 heteroatoms. The van der Waals surface area contributed by atoms with E-state index in [2.05, 4.69) is 103 Å². The molecule has 5 unspecified atom stereocenters. The van der Waals surface area contributed by atoms with Gasteiger partial charge in [0.2, 0.25) is 0 Å². The van der Waals surface area contributed by atoms with Gasteiger partial charge in [-0.15, -0.1) is 9.24 Å². The van der Waals surface area contributed by atoms with E-state index in [-0.39, 0.29) is 34.9 Å². The maximum absolute atomic E-state index is 6.87. The minimum absolute atomic E-state index is 0.263. The van der Waals surface area contributed by atoms with Gasteiger partial charge in [-0.2, -0.15) is 0 Å². The van der Waals surface area contributed by atoms with Gasteiger partial charge in [-0.25, -0.2) is 0 Å². The Morgan fingerprint density at radius 1 is 0.812 bits per heavy atom. The predicted molar refractivity (Wildman–Crippen MR) is 139 cm³/mol. The summed E-state index contributed by atoms with van der Waals surface area (Å²) in [6, 6.07) is 9.13. The molecule has 0 radical (unpaired) electrons. The van der Waals surface area contributed by atoms with Crippen molar-refractivity contribution >= 4 is 17.2 Å². The van der Waals surface area contributed by atoms with Gasteiger partial charge < -0.3 is 14.2 Å². The summed E-state index contributed by atoms with van der Waals surface area (Å²) >= 11 is 0. The van der Waals surface area contributed by atoms with Crippen LogP contribution in [0.15, 0.2) is 24.3 Å². The Labute approximate surface area is 199 Å². The van der Waals surface area contributed by atoms with Crippen molar-refractivity contribution in [3.05, 3.63) is 35.4 Å². The van der Waals surface area contributed by atoms with E-state index in [1.807, 2.05) is 0 Å². The Kier molecular flexibility index (Phi) is 5.67. The summed E-state index contributed by atoms with van der Waals surface area (Å²) in [7, 11) is 2.80. The first kappa shape index (κ1) is 25.1. The molecule has 0 saturated carbocycles. The molecular weight excluding hydrogens is 434 g/mol. The summed E-state index contributed by atoms with van der Waals surface area (Å²) in [5.74, 6) is -1.20. The topological polar surface area (TPSA) is 27.7 Å². The Morgan fingerprint density at radius 3 is 1.72 bits per heavy atom. The van der Waals surface area contributed by atoms with Crippen molar-refractivity contribution < 1.29 is 14.2 Å². The average molecular weight is 479 g/mol. The van der Waals surface area contributed by atoms with Gasteiger partial charge in [0.05, 0.1) is 16.6 Å². The van der Waals surface area contributed by atoms with Crippen LogP contribution in [0.2, 0.25) is 0 Å². The Morgan fingerprint density at radius 2 is 1.28 bits per heavy atom. The summed E-state index contributed by atoms with van der Waals surface area (Å²) in [6.07, 6.45) is 3.48. The Bertz CT molecular complexity index is 839. The van der Waals surface area contributed by atoms with Crippen molar-refractivity contribution in [2.24, 2.45) is 0 Å². The van der Waals surface area contributed by atoms with Crippen molar-refractivity contribution in [3.63, 3.8) is 0 Å². The fourth-order valence-corrected chi connectivity index (χ4v) is 12.4. The molecule has 1 aromatic carbocycles. The van der Waals surface area contributed by atoms with Gasteiger partial charge in [0, 0.05) is 12.8 Å². The molecule has 4 fully saturated rings. The van der Waals surface area contributed by atoms with Crippen LogP contribution in [-0.2, 0) is 25.8 Å². The van der Waals surface area contributed by atoms with E-state index in [0.717, 1.165) is 25.2 Å². The van der Waals surface area contributed by atoms with Gasteiger partial charge in [-0.3, -0.25) is 0 Å². The smallest absolute Gasteiger partial charge is 0.172 e. The fourth-order valence-electron chi connectivity index (χ4n) is 7.77. The quantitative estimate of drug-likeness (QED) is 0.428. The second kappa shape index (κ2) is 7.24. The predicted octanol–water partition coefficient (Wildman–Crippen LogP) is 7.20. The highest BCUT2D eigenvalue weighted by molar-refractivity contribution is 7.60. The lowest BCUT2D eigenvalue weighted by Crippen LogP contribution is -2.84. The summed E-state index contributed by atoms with van der Waals surface area (Å²) in [5, 5.41) is 0.545. The third kappa shape index (κ3) is 3.56. The van der Waals surface area contributed by atoms with Crippen LogP contribution in [0.4, 0.5) is 0 Å². The largest absolute Gasteiger partial charge is 0.343 e. The SMILES string of the molecule is CC12CC3(C)OC(C)(CC(C)(O1)C3(CP)c1ccccc1CP(C(C)(C)C)C(C)(C)C)O2. The van der Waals surface area contributed by atoms with Gasteiger partial charge in [-0.1, -0.05) is 73.7 Å². The number of rotatable bonds is 4.